The molecule has 2 fully saturated rings. The van der Waals surface area contributed by atoms with Crippen molar-refractivity contribution < 1.29 is 54.7 Å². The summed E-state index contributed by atoms with van der Waals surface area (Å²) in [5.41, 5.74) is 0.323. The summed E-state index contributed by atoms with van der Waals surface area (Å²) in [5, 5.41) is 72.4. The predicted octanol–water partition coefficient (Wildman–Crippen LogP) is 0.767. The SMILES string of the molecule is OC[C@H]1O[C@@H](OC[C@@]2(O)CO[C@@H]([C@@H]3CCCCc4ccc(O)c(c4)Oc4ccc(cc4)CC3)[C@@H]2O)[C@H](O)[C@@H](O)[C@@H]1O. The minimum Gasteiger partial charge on any atom is -0.504 e. The maximum absolute atomic E-state index is 11.3. The zero-order valence-corrected chi connectivity index (χ0v) is 22.8. The number of benzene rings is 2. The molecule has 2 saturated heterocycles. The van der Waals surface area contributed by atoms with Gasteiger partial charge in [-0.3, -0.25) is 0 Å². The fourth-order valence-corrected chi connectivity index (χ4v) is 5.88. The van der Waals surface area contributed by atoms with Gasteiger partial charge in [0.25, 0.3) is 0 Å². The van der Waals surface area contributed by atoms with Crippen molar-refractivity contribution in [3.8, 4) is 17.2 Å². The van der Waals surface area contributed by atoms with E-state index < -0.39 is 61.7 Å². The normalized spacial score (nSPS) is 36.3. The summed E-state index contributed by atoms with van der Waals surface area (Å²) in [5.74, 6) is 1.04. The Kier molecular flexibility index (Phi) is 9.49. The molecule has 4 heterocycles. The molecule has 0 saturated carbocycles. The zero-order valence-electron chi connectivity index (χ0n) is 22.8. The topological polar surface area (TPSA) is 179 Å². The lowest BCUT2D eigenvalue weighted by atomic mass is 9.83. The maximum atomic E-state index is 11.3. The van der Waals surface area contributed by atoms with Crippen molar-refractivity contribution in [3.63, 3.8) is 0 Å². The van der Waals surface area contributed by atoms with Crippen molar-refractivity contribution in [1.82, 2.24) is 0 Å². The van der Waals surface area contributed by atoms with Crippen molar-refractivity contribution in [2.24, 2.45) is 5.92 Å². The van der Waals surface area contributed by atoms with Crippen LogP contribution < -0.4 is 4.74 Å². The van der Waals surface area contributed by atoms with Crippen LogP contribution in [0.15, 0.2) is 42.5 Å². The Balaban J connectivity index is 1.26. The third kappa shape index (κ3) is 6.69. The Morgan fingerprint density at radius 2 is 1.63 bits per heavy atom. The van der Waals surface area contributed by atoms with Crippen LogP contribution in [-0.2, 0) is 27.1 Å². The number of aliphatic hydroxyl groups is 6. The van der Waals surface area contributed by atoms with Gasteiger partial charge in [-0.15, -0.1) is 0 Å². The molecule has 2 aromatic carbocycles. The summed E-state index contributed by atoms with van der Waals surface area (Å²) >= 11 is 0. The van der Waals surface area contributed by atoms with Crippen LogP contribution in [0.3, 0.4) is 0 Å². The molecule has 0 aliphatic carbocycles. The second-order valence-electron chi connectivity index (χ2n) is 11.4. The molecule has 4 aliphatic heterocycles. The molecule has 0 spiro atoms. The molecule has 4 bridgehead atoms. The zero-order chi connectivity index (χ0) is 29.1. The highest BCUT2D eigenvalue weighted by Gasteiger charge is 2.52. The maximum Gasteiger partial charge on any atom is 0.186 e. The van der Waals surface area contributed by atoms with Gasteiger partial charge in [0, 0.05) is 0 Å². The van der Waals surface area contributed by atoms with Crippen molar-refractivity contribution in [3.05, 3.63) is 53.6 Å². The van der Waals surface area contributed by atoms with Crippen molar-refractivity contribution in [2.75, 3.05) is 19.8 Å². The van der Waals surface area contributed by atoms with E-state index in [1.165, 1.54) is 0 Å². The van der Waals surface area contributed by atoms with E-state index in [4.69, 9.17) is 18.9 Å². The lowest BCUT2D eigenvalue weighted by molar-refractivity contribution is -0.310. The van der Waals surface area contributed by atoms with Crippen LogP contribution in [0.1, 0.15) is 36.8 Å². The predicted molar refractivity (Wildman–Crippen MR) is 144 cm³/mol. The molecule has 11 nitrogen and oxygen atoms in total. The van der Waals surface area contributed by atoms with Crippen molar-refractivity contribution in [1.29, 1.82) is 0 Å². The smallest absolute Gasteiger partial charge is 0.186 e. The van der Waals surface area contributed by atoms with E-state index in [2.05, 4.69) is 0 Å². The minimum absolute atomic E-state index is 0.0669. The number of phenolic OH excluding ortho intramolecular Hbond substituents is 1. The van der Waals surface area contributed by atoms with E-state index >= 15 is 0 Å². The monoisotopic (exact) mass is 576 g/mol. The average Bonchev–Trinajstić information content (AvgIpc) is 3.26. The molecule has 2 aromatic rings. The van der Waals surface area contributed by atoms with Gasteiger partial charge < -0.3 is 54.7 Å². The van der Waals surface area contributed by atoms with Gasteiger partial charge in [-0.2, -0.15) is 0 Å². The number of phenols is 1. The Hall–Kier alpha value is -2.32. The first-order valence-corrected chi connectivity index (χ1v) is 14.2. The molecule has 6 rings (SSSR count). The second-order valence-corrected chi connectivity index (χ2v) is 11.4. The first kappa shape index (κ1) is 30.1. The number of aromatic hydroxyl groups is 1. The van der Waals surface area contributed by atoms with E-state index in [0.717, 1.165) is 43.2 Å². The molecule has 11 heteroatoms. The largest absolute Gasteiger partial charge is 0.504 e. The van der Waals surface area contributed by atoms with Crippen LogP contribution in [-0.4, -0.2) is 104 Å². The Labute approximate surface area is 238 Å². The standard InChI is InChI=1S/C30H40O11/c31-14-23-24(33)25(34)26(35)29(41-23)39-16-30(37)15-38-27(28(30)36)19-4-2-1-3-18-8-12-21(32)22(13-18)40-20-10-6-17(5-9-19)7-11-20/h6-8,10-13,19,23-29,31-37H,1-5,9,14-16H2/t19-,23-,24-,25+,26-,27+,28+,29-,30+/m1/s1. The van der Waals surface area contributed by atoms with Crippen LogP contribution in [0.4, 0.5) is 0 Å². The van der Waals surface area contributed by atoms with Crippen molar-refractivity contribution >= 4 is 0 Å². The lowest BCUT2D eigenvalue weighted by Crippen LogP contribution is -2.60. The second kappa shape index (κ2) is 12.9. The summed E-state index contributed by atoms with van der Waals surface area (Å²) in [6.45, 7) is -1.26. The van der Waals surface area contributed by atoms with E-state index in [9.17, 15) is 35.7 Å². The Morgan fingerprint density at radius 1 is 0.878 bits per heavy atom. The van der Waals surface area contributed by atoms with Gasteiger partial charge in [0.2, 0.25) is 0 Å². The molecule has 7 N–H and O–H groups in total. The summed E-state index contributed by atoms with van der Waals surface area (Å²) in [6.07, 6.45) is -4.57. The van der Waals surface area contributed by atoms with Crippen LogP contribution in [0.5, 0.6) is 17.2 Å². The van der Waals surface area contributed by atoms with E-state index in [0.29, 0.717) is 17.9 Å². The highest BCUT2D eigenvalue weighted by Crippen LogP contribution is 2.37. The minimum atomic E-state index is -1.79. The molecule has 0 radical (unpaired) electrons. The summed E-state index contributed by atoms with van der Waals surface area (Å²) in [4.78, 5) is 0. The summed E-state index contributed by atoms with van der Waals surface area (Å²) in [7, 11) is 0. The van der Waals surface area contributed by atoms with Gasteiger partial charge in [0.05, 0.1) is 25.9 Å². The van der Waals surface area contributed by atoms with Crippen LogP contribution in [0.2, 0.25) is 0 Å². The van der Waals surface area contributed by atoms with Gasteiger partial charge in [0.15, 0.2) is 17.8 Å². The summed E-state index contributed by atoms with van der Waals surface area (Å²) < 4.78 is 22.8. The van der Waals surface area contributed by atoms with E-state index in [1.54, 1.807) is 6.07 Å². The molecule has 0 unspecified atom stereocenters. The fraction of sp³-hybridized carbons (Fsp3) is 0.600. The van der Waals surface area contributed by atoms with Gasteiger partial charge in [0.1, 0.15) is 41.9 Å². The number of ether oxygens (including phenoxy) is 4. The first-order chi connectivity index (χ1) is 19.7. The third-order valence-corrected chi connectivity index (χ3v) is 8.47. The quantitative estimate of drug-likeness (QED) is 0.267. The Morgan fingerprint density at radius 3 is 2.39 bits per heavy atom. The lowest BCUT2D eigenvalue weighted by Gasteiger charge is -2.40. The number of hydrogen-bond donors (Lipinski definition) is 7. The Bertz CT molecular complexity index is 1140. The molecule has 0 aromatic heterocycles. The number of aryl methyl sites for hydroxylation is 2. The fourth-order valence-electron chi connectivity index (χ4n) is 5.88. The number of fused-ring (bicyclic) bond motifs is 8. The van der Waals surface area contributed by atoms with Gasteiger partial charge >= 0.3 is 0 Å². The van der Waals surface area contributed by atoms with Crippen LogP contribution in [0, 0.1) is 5.92 Å². The highest BCUT2D eigenvalue weighted by atomic mass is 16.7. The molecule has 9 atom stereocenters. The molecule has 41 heavy (non-hydrogen) atoms. The van der Waals surface area contributed by atoms with E-state index in [1.807, 2.05) is 36.4 Å². The number of rotatable bonds is 5. The molecule has 226 valence electrons. The van der Waals surface area contributed by atoms with Crippen LogP contribution in [0.25, 0.3) is 0 Å². The average molecular weight is 577 g/mol. The molecular weight excluding hydrogens is 536 g/mol. The van der Waals surface area contributed by atoms with Gasteiger partial charge in [-0.25, -0.2) is 0 Å². The van der Waals surface area contributed by atoms with E-state index in [-0.39, 0.29) is 18.3 Å². The first-order valence-electron chi connectivity index (χ1n) is 14.2. The molecule has 4 aliphatic rings. The number of aliphatic hydroxyl groups excluding tert-OH is 5. The summed E-state index contributed by atoms with van der Waals surface area (Å²) in [6, 6.07) is 13.0. The van der Waals surface area contributed by atoms with Gasteiger partial charge in [-0.05, 0) is 73.4 Å². The van der Waals surface area contributed by atoms with Crippen LogP contribution >= 0.6 is 0 Å². The third-order valence-electron chi connectivity index (χ3n) is 8.47. The molecular formula is C30H40O11. The van der Waals surface area contributed by atoms with Crippen molar-refractivity contribution in [2.45, 2.75) is 87.0 Å². The van der Waals surface area contributed by atoms with Gasteiger partial charge in [-0.1, -0.05) is 24.6 Å². The molecule has 0 amide bonds. The number of hydrogen-bond acceptors (Lipinski definition) is 11. The highest BCUT2D eigenvalue weighted by molar-refractivity contribution is 5.45.